The van der Waals surface area contributed by atoms with Crippen LogP contribution < -0.4 is 24.8 Å². The van der Waals surface area contributed by atoms with Crippen LogP contribution in [0.2, 0.25) is 0 Å². The lowest BCUT2D eigenvalue weighted by Gasteiger charge is -2.29. The van der Waals surface area contributed by atoms with Crippen LogP contribution in [-0.4, -0.2) is 84.6 Å². The van der Waals surface area contributed by atoms with Crippen molar-refractivity contribution in [3.8, 4) is 11.6 Å². The number of nitrogens with one attached hydrogen (secondary N) is 3. The summed E-state index contributed by atoms with van der Waals surface area (Å²) in [7, 11) is -2.33. The number of hydrogen-bond acceptors (Lipinski definition) is 9. The zero-order chi connectivity index (χ0) is 35.6. The topological polar surface area (TPSA) is 173 Å². The zero-order valence-corrected chi connectivity index (χ0v) is 28.4. The molecule has 50 heavy (non-hydrogen) atoms. The predicted molar refractivity (Wildman–Crippen MR) is 184 cm³/mol. The van der Waals surface area contributed by atoms with E-state index in [4.69, 9.17) is 9.47 Å². The maximum Gasteiger partial charge on any atom is 0.259 e. The van der Waals surface area contributed by atoms with Gasteiger partial charge in [0.1, 0.15) is 29.5 Å². The van der Waals surface area contributed by atoms with Crippen molar-refractivity contribution in [2.45, 2.75) is 61.1 Å². The third-order valence-electron chi connectivity index (χ3n) is 9.39. The van der Waals surface area contributed by atoms with Gasteiger partial charge in [-0.05, 0) is 60.6 Å². The quantitative estimate of drug-likeness (QED) is 0.168. The Morgan fingerprint density at radius 3 is 2.52 bits per heavy atom. The Kier molecular flexibility index (Phi) is 9.65. The molecular weight excluding hydrogens is 662 g/mol. The molecule has 262 valence electrons. The summed E-state index contributed by atoms with van der Waals surface area (Å²) in [6.45, 7) is 7.23. The molecule has 0 spiro atoms. The second-order valence-corrected chi connectivity index (χ2v) is 14.8. The molecule has 0 radical (unpaired) electrons. The van der Waals surface area contributed by atoms with Crippen molar-refractivity contribution < 1.29 is 37.1 Å². The maximum absolute atomic E-state index is 14.3. The van der Waals surface area contributed by atoms with E-state index in [9.17, 15) is 27.6 Å². The van der Waals surface area contributed by atoms with Crippen LogP contribution in [0, 0.1) is 5.92 Å². The lowest BCUT2D eigenvalue weighted by molar-refractivity contribution is -0.142. The van der Waals surface area contributed by atoms with Gasteiger partial charge in [-0.3, -0.25) is 23.9 Å². The highest BCUT2D eigenvalue weighted by atomic mass is 32.2. The highest BCUT2D eigenvalue weighted by molar-refractivity contribution is 7.91. The molecule has 5 unspecified atom stereocenters. The van der Waals surface area contributed by atoms with E-state index in [-0.39, 0.29) is 25.8 Å². The van der Waals surface area contributed by atoms with Gasteiger partial charge in [-0.2, -0.15) is 0 Å². The van der Waals surface area contributed by atoms with Gasteiger partial charge in [0.2, 0.25) is 33.6 Å². The number of amides is 4. The molecule has 1 aliphatic heterocycles. The summed E-state index contributed by atoms with van der Waals surface area (Å²) in [5, 5.41) is 6.33. The van der Waals surface area contributed by atoms with Crippen molar-refractivity contribution in [1.29, 1.82) is 0 Å². The number of fused-ring (bicyclic) bond motifs is 1. The third-order valence-corrected chi connectivity index (χ3v) is 11.2. The Morgan fingerprint density at radius 1 is 1.10 bits per heavy atom. The summed E-state index contributed by atoms with van der Waals surface area (Å²) in [5.74, 6) is -2.21. The molecule has 2 saturated carbocycles. The van der Waals surface area contributed by atoms with Crippen molar-refractivity contribution in [3.05, 3.63) is 91.7 Å². The highest BCUT2D eigenvalue weighted by Gasteiger charge is 2.62. The molecule has 0 bridgehead atoms. The average molecular weight is 702 g/mol. The second-order valence-electron chi connectivity index (χ2n) is 12.8. The molecule has 13 nitrogen and oxygen atoms in total. The molecule has 1 aromatic heterocycles. The van der Waals surface area contributed by atoms with Gasteiger partial charge in [0, 0.05) is 30.3 Å². The van der Waals surface area contributed by atoms with E-state index in [1.165, 1.54) is 11.0 Å². The number of carbonyl (C=O) groups is 4. The van der Waals surface area contributed by atoms with Crippen LogP contribution in [-0.2, 0) is 35.6 Å². The SMILES string of the molecule is C=CC(=O)NC(Cc1ccccc1)C(=O)N1CC(Oc2nccc3cc(OC)ccc23)CC1C(=O)NC1(C(=O)NS(=O)(=O)C2CC2)CC1C=C. The van der Waals surface area contributed by atoms with Gasteiger partial charge in [0.05, 0.1) is 18.9 Å². The van der Waals surface area contributed by atoms with Crippen LogP contribution in [0.1, 0.15) is 31.2 Å². The Morgan fingerprint density at radius 2 is 1.86 bits per heavy atom. The number of methoxy groups -OCH3 is 1. The molecule has 4 amide bonds. The number of likely N-dealkylation sites (tertiary alicyclic amines) is 1. The third kappa shape index (κ3) is 7.20. The fourth-order valence-electron chi connectivity index (χ4n) is 6.38. The van der Waals surface area contributed by atoms with E-state index in [1.54, 1.807) is 25.4 Å². The van der Waals surface area contributed by atoms with Crippen molar-refractivity contribution in [2.24, 2.45) is 5.92 Å². The predicted octanol–water partition coefficient (Wildman–Crippen LogP) is 2.17. The molecule has 2 aliphatic carbocycles. The first-order valence-corrected chi connectivity index (χ1v) is 17.9. The van der Waals surface area contributed by atoms with E-state index in [1.807, 2.05) is 42.5 Å². The molecule has 3 aliphatic rings. The van der Waals surface area contributed by atoms with Gasteiger partial charge in [-0.15, -0.1) is 6.58 Å². The van der Waals surface area contributed by atoms with Gasteiger partial charge in [-0.25, -0.2) is 13.4 Å². The normalized spacial score (nSPS) is 23.3. The fourth-order valence-corrected chi connectivity index (χ4v) is 7.75. The summed E-state index contributed by atoms with van der Waals surface area (Å²) in [5.41, 5.74) is -0.775. The molecule has 2 aromatic carbocycles. The molecule has 2 heterocycles. The van der Waals surface area contributed by atoms with Crippen LogP contribution in [0.3, 0.4) is 0 Å². The molecule has 14 heteroatoms. The fraction of sp³-hybridized carbons (Fsp3) is 0.361. The Bertz CT molecular complexity index is 1950. The van der Waals surface area contributed by atoms with Crippen molar-refractivity contribution in [3.63, 3.8) is 0 Å². The zero-order valence-electron chi connectivity index (χ0n) is 27.5. The molecule has 3 fully saturated rings. The van der Waals surface area contributed by atoms with E-state index in [2.05, 4.69) is 33.5 Å². The molecular formula is C36H39N5O8S. The number of rotatable bonds is 14. The van der Waals surface area contributed by atoms with E-state index in [0.717, 1.165) is 17.0 Å². The van der Waals surface area contributed by atoms with Gasteiger partial charge in [-0.1, -0.05) is 43.0 Å². The molecule has 1 saturated heterocycles. The lowest BCUT2D eigenvalue weighted by atomic mass is 10.0. The van der Waals surface area contributed by atoms with Gasteiger partial charge >= 0.3 is 0 Å². The van der Waals surface area contributed by atoms with Crippen molar-refractivity contribution in [1.82, 2.24) is 25.2 Å². The summed E-state index contributed by atoms with van der Waals surface area (Å²) in [6, 6.07) is 14.1. The Hall–Kier alpha value is -5.24. The number of benzene rings is 2. The van der Waals surface area contributed by atoms with Crippen LogP contribution >= 0.6 is 0 Å². The van der Waals surface area contributed by atoms with Crippen LogP contribution in [0.15, 0.2) is 86.1 Å². The minimum Gasteiger partial charge on any atom is -0.497 e. The van der Waals surface area contributed by atoms with Crippen molar-refractivity contribution >= 4 is 44.4 Å². The number of pyridine rings is 1. The summed E-state index contributed by atoms with van der Waals surface area (Å²) in [6.07, 6.45) is 4.64. The van der Waals surface area contributed by atoms with Crippen molar-refractivity contribution in [2.75, 3.05) is 13.7 Å². The number of sulfonamides is 1. The number of aromatic nitrogens is 1. The van der Waals surface area contributed by atoms with Gasteiger partial charge in [0.15, 0.2) is 0 Å². The smallest absolute Gasteiger partial charge is 0.259 e. The second kappa shape index (κ2) is 13.9. The van der Waals surface area contributed by atoms with Crippen LogP contribution in [0.25, 0.3) is 10.8 Å². The first-order chi connectivity index (χ1) is 24.0. The standard InChI is InChI=1S/C36H39N5O8S/c1-4-24-20-36(24,35(45)40-50(46,47)27-12-13-27)39-32(43)30-19-26(49-33-28-14-11-25(48-3)18-23(28)15-16-37-33)21-41(30)34(44)29(38-31(42)5-2)17-22-9-7-6-8-10-22/h4-11,14-16,18,24,26-27,29-30H,1-2,12-13,17,19-21H2,3H3,(H,38,42)(H,39,43)(H,40,45). The van der Waals surface area contributed by atoms with Crippen LogP contribution in [0.5, 0.6) is 11.6 Å². The molecule has 3 aromatic rings. The average Bonchev–Trinajstić information content (AvgIpc) is 4.04. The molecule has 3 N–H and O–H groups in total. The number of carbonyl (C=O) groups excluding carboxylic acids is 4. The number of ether oxygens (including phenoxy) is 2. The minimum atomic E-state index is -3.89. The maximum atomic E-state index is 14.3. The minimum absolute atomic E-state index is 0.0239. The van der Waals surface area contributed by atoms with E-state index < -0.39 is 68.5 Å². The van der Waals surface area contributed by atoms with Gasteiger partial charge < -0.3 is 25.0 Å². The molecule has 6 rings (SSSR count). The summed E-state index contributed by atoms with van der Waals surface area (Å²) < 4.78 is 39.1. The number of nitrogens with zero attached hydrogens (tertiary/aromatic N) is 2. The van der Waals surface area contributed by atoms with Gasteiger partial charge in [0.25, 0.3) is 5.91 Å². The number of hydrogen-bond donors (Lipinski definition) is 3. The van der Waals surface area contributed by atoms with E-state index in [0.29, 0.717) is 29.9 Å². The van der Waals surface area contributed by atoms with E-state index >= 15 is 0 Å². The largest absolute Gasteiger partial charge is 0.497 e. The Balaban J connectivity index is 1.29. The molecule has 5 atom stereocenters. The Labute approximate surface area is 290 Å². The lowest BCUT2D eigenvalue weighted by Crippen LogP contribution is -2.58. The first kappa shape index (κ1) is 34.6. The monoisotopic (exact) mass is 701 g/mol. The summed E-state index contributed by atoms with van der Waals surface area (Å²) >= 11 is 0. The summed E-state index contributed by atoms with van der Waals surface area (Å²) in [4.78, 5) is 60.2. The highest BCUT2D eigenvalue weighted by Crippen LogP contribution is 2.45. The first-order valence-electron chi connectivity index (χ1n) is 16.4. The van der Waals surface area contributed by atoms with Crippen LogP contribution in [0.4, 0.5) is 0 Å².